The van der Waals surface area contributed by atoms with Crippen LogP contribution < -0.4 is 4.74 Å². The van der Waals surface area contributed by atoms with Gasteiger partial charge < -0.3 is 14.6 Å². The molecule has 0 atom stereocenters. The van der Waals surface area contributed by atoms with Crippen LogP contribution in [0, 0.1) is 0 Å². The molecule has 0 aliphatic carbocycles. The maximum Gasteiger partial charge on any atom is 0.140 e. The Bertz CT molecular complexity index is 579. The summed E-state index contributed by atoms with van der Waals surface area (Å²) in [6, 6.07) is 7.23. The van der Waals surface area contributed by atoms with Gasteiger partial charge in [0.05, 0.1) is 12.6 Å². The van der Waals surface area contributed by atoms with Gasteiger partial charge >= 0.3 is 0 Å². The van der Waals surface area contributed by atoms with Crippen LogP contribution in [0.25, 0.3) is 10.9 Å². The first kappa shape index (κ1) is 12.6. The third kappa shape index (κ3) is 2.11. The lowest BCUT2D eigenvalue weighted by atomic mass is 10.0. The average molecular weight is 247 g/mol. The maximum atomic E-state index is 10.1. The molecule has 4 nitrogen and oxygen atoms in total. The Balaban J connectivity index is 2.63. The predicted molar refractivity (Wildman–Crippen MR) is 70.0 cm³/mol. The SMILES string of the molecule is COc1ccc2nc(C(C)(C)OC)c(O)cc2c1. The Morgan fingerprint density at radius 3 is 2.50 bits per heavy atom. The maximum absolute atomic E-state index is 10.1. The highest BCUT2D eigenvalue weighted by molar-refractivity contribution is 5.82. The van der Waals surface area contributed by atoms with E-state index in [2.05, 4.69) is 4.98 Å². The molecule has 0 unspecified atom stereocenters. The summed E-state index contributed by atoms with van der Waals surface area (Å²) >= 11 is 0. The molecule has 0 spiro atoms. The molecule has 0 amide bonds. The summed E-state index contributed by atoms with van der Waals surface area (Å²) in [5.74, 6) is 0.866. The smallest absolute Gasteiger partial charge is 0.140 e. The Hall–Kier alpha value is -1.81. The van der Waals surface area contributed by atoms with Gasteiger partial charge in [0.1, 0.15) is 22.8 Å². The Morgan fingerprint density at radius 2 is 1.89 bits per heavy atom. The number of aromatic nitrogens is 1. The van der Waals surface area contributed by atoms with Gasteiger partial charge in [0.15, 0.2) is 0 Å². The van der Waals surface area contributed by atoms with Gasteiger partial charge in [-0.05, 0) is 38.1 Å². The van der Waals surface area contributed by atoms with Gasteiger partial charge in [0.25, 0.3) is 0 Å². The summed E-state index contributed by atoms with van der Waals surface area (Å²) in [7, 11) is 3.20. The largest absolute Gasteiger partial charge is 0.506 e. The number of hydrogen-bond donors (Lipinski definition) is 1. The second kappa shape index (κ2) is 4.46. The van der Waals surface area contributed by atoms with Gasteiger partial charge in [0, 0.05) is 12.5 Å². The number of hydrogen-bond acceptors (Lipinski definition) is 4. The lowest BCUT2D eigenvalue weighted by molar-refractivity contribution is 0.0138. The Labute approximate surface area is 106 Å². The van der Waals surface area contributed by atoms with Crippen LogP contribution in [0.3, 0.4) is 0 Å². The monoisotopic (exact) mass is 247 g/mol. The van der Waals surface area contributed by atoms with E-state index < -0.39 is 5.60 Å². The lowest BCUT2D eigenvalue weighted by Crippen LogP contribution is -2.21. The van der Waals surface area contributed by atoms with Crippen molar-refractivity contribution < 1.29 is 14.6 Å². The van der Waals surface area contributed by atoms with Gasteiger partial charge in [0.2, 0.25) is 0 Å². The van der Waals surface area contributed by atoms with Crippen LogP contribution in [0.2, 0.25) is 0 Å². The molecule has 2 aromatic rings. The number of nitrogens with zero attached hydrogens (tertiary/aromatic N) is 1. The molecular weight excluding hydrogens is 230 g/mol. The summed E-state index contributed by atoms with van der Waals surface area (Å²) in [5.41, 5.74) is 0.703. The molecule has 0 radical (unpaired) electrons. The fourth-order valence-electron chi connectivity index (χ4n) is 1.81. The van der Waals surface area contributed by atoms with E-state index in [1.165, 1.54) is 0 Å². The summed E-state index contributed by atoms with van der Waals surface area (Å²) in [4.78, 5) is 4.46. The van der Waals surface area contributed by atoms with Gasteiger partial charge in [-0.3, -0.25) is 0 Å². The zero-order valence-corrected chi connectivity index (χ0v) is 11.0. The molecule has 0 fully saturated rings. The van der Waals surface area contributed by atoms with E-state index in [4.69, 9.17) is 9.47 Å². The zero-order valence-electron chi connectivity index (χ0n) is 11.0. The molecule has 0 aliphatic rings. The minimum Gasteiger partial charge on any atom is -0.506 e. The van der Waals surface area contributed by atoms with Crippen LogP contribution in [-0.4, -0.2) is 24.3 Å². The van der Waals surface area contributed by atoms with Crippen LogP contribution >= 0.6 is 0 Å². The highest BCUT2D eigenvalue weighted by Crippen LogP contribution is 2.33. The topological polar surface area (TPSA) is 51.6 Å². The molecule has 1 heterocycles. The number of methoxy groups -OCH3 is 2. The van der Waals surface area contributed by atoms with Crippen molar-refractivity contribution in [3.8, 4) is 11.5 Å². The van der Waals surface area contributed by atoms with Crippen molar-refractivity contribution in [3.05, 3.63) is 30.0 Å². The number of rotatable bonds is 3. The molecule has 0 saturated carbocycles. The third-order valence-corrected chi connectivity index (χ3v) is 3.08. The molecule has 4 heteroatoms. The zero-order chi connectivity index (χ0) is 13.3. The fourth-order valence-corrected chi connectivity index (χ4v) is 1.81. The first-order chi connectivity index (χ1) is 8.47. The molecule has 96 valence electrons. The van der Waals surface area contributed by atoms with Crippen molar-refractivity contribution in [1.29, 1.82) is 0 Å². The number of pyridine rings is 1. The average Bonchev–Trinajstić information content (AvgIpc) is 2.37. The summed E-state index contributed by atoms with van der Waals surface area (Å²) < 4.78 is 10.5. The van der Waals surface area contributed by atoms with E-state index in [0.29, 0.717) is 5.69 Å². The minimum absolute atomic E-state index is 0.127. The molecule has 1 aromatic heterocycles. The van der Waals surface area contributed by atoms with Crippen LogP contribution in [0.1, 0.15) is 19.5 Å². The van der Waals surface area contributed by atoms with E-state index in [1.807, 2.05) is 32.0 Å². The summed E-state index contributed by atoms with van der Waals surface area (Å²) in [5, 5.41) is 10.9. The predicted octanol–water partition coefficient (Wildman–Crippen LogP) is 2.83. The van der Waals surface area contributed by atoms with Crippen molar-refractivity contribution in [2.24, 2.45) is 0 Å². The van der Waals surface area contributed by atoms with E-state index in [9.17, 15) is 5.11 Å². The second-order valence-electron chi connectivity index (χ2n) is 4.63. The molecule has 2 rings (SSSR count). The van der Waals surface area contributed by atoms with E-state index in [1.54, 1.807) is 20.3 Å². The number of aromatic hydroxyl groups is 1. The number of fused-ring (bicyclic) bond motifs is 1. The van der Waals surface area contributed by atoms with Crippen molar-refractivity contribution in [1.82, 2.24) is 4.98 Å². The van der Waals surface area contributed by atoms with E-state index in [0.717, 1.165) is 16.7 Å². The van der Waals surface area contributed by atoms with Crippen LogP contribution in [-0.2, 0) is 10.3 Å². The first-order valence-corrected chi connectivity index (χ1v) is 5.71. The standard InChI is InChI=1S/C14H17NO3/c1-14(2,18-4)13-12(16)8-9-7-10(17-3)5-6-11(9)15-13/h5-8,16H,1-4H3. The fraction of sp³-hybridized carbons (Fsp3) is 0.357. The highest BCUT2D eigenvalue weighted by atomic mass is 16.5. The highest BCUT2D eigenvalue weighted by Gasteiger charge is 2.25. The van der Waals surface area contributed by atoms with E-state index >= 15 is 0 Å². The van der Waals surface area contributed by atoms with Crippen molar-refractivity contribution >= 4 is 10.9 Å². The van der Waals surface area contributed by atoms with Crippen LogP contribution in [0.5, 0.6) is 11.5 Å². The summed E-state index contributed by atoms with van der Waals surface area (Å²) in [6.45, 7) is 3.73. The van der Waals surface area contributed by atoms with E-state index in [-0.39, 0.29) is 5.75 Å². The number of ether oxygens (including phenoxy) is 2. The Kier molecular flexibility index (Phi) is 3.13. The normalized spacial score (nSPS) is 11.8. The van der Waals surface area contributed by atoms with Gasteiger partial charge in [-0.2, -0.15) is 0 Å². The molecule has 18 heavy (non-hydrogen) atoms. The van der Waals surface area contributed by atoms with Gasteiger partial charge in [-0.25, -0.2) is 4.98 Å². The van der Waals surface area contributed by atoms with Gasteiger partial charge in [-0.15, -0.1) is 0 Å². The van der Waals surface area contributed by atoms with Crippen LogP contribution in [0.15, 0.2) is 24.3 Å². The van der Waals surface area contributed by atoms with Gasteiger partial charge in [-0.1, -0.05) is 0 Å². The third-order valence-electron chi connectivity index (χ3n) is 3.08. The molecule has 1 aromatic carbocycles. The first-order valence-electron chi connectivity index (χ1n) is 5.71. The molecular formula is C14H17NO3. The summed E-state index contributed by atoms with van der Waals surface area (Å²) in [6.07, 6.45) is 0. The van der Waals surface area contributed by atoms with Crippen LogP contribution in [0.4, 0.5) is 0 Å². The molecule has 1 N–H and O–H groups in total. The quantitative estimate of drug-likeness (QED) is 0.906. The Morgan fingerprint density at radius 1 is 1.17 bits per heavy atom. The lowest BCUT2D eigenvalue weighted by Gasteiger charge is -2.23. The minimum atomic E-state index is -0.627. The van der Waals surface area contributed by atoms with Crippen molar-refractivity contribution in [2.45, 2.75) is 19.4 Å². The van der Waals surface area contributed by atoms with Crippen molar-refractivity contribution in [2.75, 3.05) is 14.2 Å². The number of benzene rings is 1. The van der Waals surface area contributed by atoms with Crippen molar-refractivity contribution in [3.63, 3.8) is 0 Å². The molecule has 0 saturated heterocycles. The molecule has 0 bridgehead atoms. The second-order valence-corrected chi connectivity index (χ2v) is 4.63. The molecule has 0 aliphatic heterocycles.